The van der Waals surface area contributed by atoms with Gasteiger partial charge in [0.2, 0.25) is 5.43 Å². The van der Waals surface area contributed by atoms with E-state index in [0.717, 1.165) is 4.90 Å². The number of hydrogen-bond acceptors (Lipinski definition) is 6. The van der Waals surface area contributed by atoms with Crippen LogP contribution in [0.25, 0.3) is 16.7 Å². The van der Waals surface area contributed by atoms with Crippen LogP contribution in [0.4, 0.5) is 36.6 Å². The highest BCUT2D eigenvalue weighted by Gasteiger charge is 2.48. The van der Waals surface area contributed by atoms with Crippen molar-refractivity contribution in [1.29, 1.82) is 0 Å². The van der Waals surface area contributed by atoms with E-state index in [9.17, 15) is 46.1 Å². The molecule has 0 bridgehead atoms. The van der Waals surface area contributed by atoms with Gasteiger partial charge in [-0.05, 0) is 19.9 Å². The Morgan fingerprint density at radius 2 is 1.55 bits per heavy atom. The van der Waals surface area contributed by atoms with Gasteiger partial charge in [0.15, 0.2) is 28.9 Å². The first-order chi connectivity index (χ1) is 17.5. The number of aliphatic hydroxyl groups is 2. The predicted octanol–water partition coefficient (Wildman–Crippen LogP) is 2.55. The van der Waals surface area contributed by atoms with Crippen LogP contribution in [-0.2, 0) is 0 Å². The van der Waals surface area contributed by atoms with Gasteiger partial charge in [-0.15, -0.1) is 0 Å². The SMILES string of the molecule is CC(C)(NC(=O)c1cn(-c2c(F)cc(F)cc2F)c2nc(N3C[C@@H](O)[C@H](O)C3)c(F)cc2c1=O)C(F)(F)F. The van der Waals surface area contributed by atoms with E-state index in [0.29, 0.717) is 30.7 Å². The topological polar surface area (TPSA) is 108 Å². The molecule has 1 aromatic carbocycles. The normalized spacial score (nSPS) is 18.3. The summed E-state index contributed by atoms with van der Waals surface area (Å²) in [5.74, 6) is -7.72. The van der Waals surface area contributed by atoms with Crippen molar-refractivity contribution in [3.63, 3.8) is 0 Å². The third-order valence-corrected chi connectivity index (χ3v) is 6.07. The Labute approximate surface area is 208 Å². The lowest BCUT2D eigenvalue weighted by Gasteiger charge is -2.29. The van der Waals surface area contributed by atoms with Gasteiger partial charge in [0.05, 0.1) is 17.6 Å². The largest absolute Gasteiger partial charge is 0.410 e. The number of amides is 1. The molecule has 4 rings (SSSR count). The molecular formula is C23H19F7N4O4. The molecule has 204 valence electrons. The van der Waals surface area contributed by atoms with Gasteiger partial charge < -0.3 is 20.4 Å². The monoisotopic (exact) mass is 548 g/mol. The summed E-state index contributed by atoms with van der Waals surface area (Å²) >= 11 is 0. The zero-order chi connectivity index (χ0) is 28.3. The molecule has 0 radical (unpaired) electrons. The van der Waals surface area contributed by atoms with Crippen LogP contribution < -0.4 is 15.6 Å². The number of nitrogens with zero attached hydrogens (tertiary/aromatic N) is 3. The second kappa shape index (κ2) is 9.23. The van der Waals surface area contributed by atoms with Crippen molar-refractivity contribution in [3.8, 4) is 5.69 Å². The molecule has 2 aromatic heterocycles. The van der Waals surface area contributed by atoms with Gasteiger partial charge in [-0.3, -0.25) is 14.2 Å². The Kier molecular flexibility index (Phi) is 6.64. The van der Waals surface area contributed by atoms with E-state index in [4.69, 9.17) is 0 Å². The third-order valence-electron chi connectivity index (χ3n) is 6.07. The van der Waals surface area contributed by atoms with Crippen LogP contribution in [0.1, 0.15) is 24.2 Å². The number of aliphatic hydroxyl groups excluding tert-OH is 2. The number of nitrogens with one attached hydrogen (secondary N) is 1. The first-order valence-electron chi connectivity index (χ1n) is 10.9. The van der Waals surface area contributed by atoms with Gasteiger partial charge in [-0.1, -0.05) is 0 Å². The van der Waals surface area contributed by atoms with Crippen LogP contribution in [0, 0.1) is 23.3 Å². The quantitative estimate of drug-likeness (QED) is 0.433. The molecule has 0 spiro atoms. The number of anilines is 1. The van der Waals surface area contributed by atoms with Crippen molar-refractivity contribution in [3.05, 3.63) is 63.5 Å². The Morgan fingerprint density at radius 3 is 2.08 bits per heavy atom. The van der Waals surface area contributed by atoms with E-state index in [2.05, 4.69) is 4.98 Å². The molecule has 0 unspecified atom stereocenters. The predicted molar refractivity (Wildman–Crippen MR) is 119 cm³/mol. The molecule has 0 saturated carbocycles. The van der Waals surface area contributed by atoms with E-state index in [1.807, 2.05) is 0 Å². The molecule has 38 heavy (non-hydrogen) atoms. The maximum atomic E-state index is 15.0. The number of aromatic nitrogens is 2. The fourth-order valence-corrected chi connectivity index (χ4v) is 3.90. The van der Waals surface area contributed by atoms with Gasteiger partial charge in [0, 0.05) is 31.4 Å². The fraction of sp³-hybridized carbons (Fsp3) is 0.348. The first-order valence-corrected chi connectivity index (χ1v) is 10.9. The highest BCUT2D eigenvalue weighted by Crippen LogP contribution is 2.31. The summed E-state index contributed by atoms with van der Waals surface area (Å²) in [4.78, 5) is 30.9. The summed E-state index contributed by atoms with van der Waals surface area (Å²) in [5, 5.41) is 20.5. The summed E-state index contributed by atoms with van der Waals surface area (Å²) in [7, 11) is 0. The summed E-state index contributed by atoms with van der Waals surface area (Å²) in [6, 6.07) is 1.09. The molecule has 1 fully saturated rings. The minimum Gasteiger partial charge on any atom is -0.389 e. The zero-order valence-corrected chi connectivity index (χ0v) is 19.6. The Morgan fingerprint density at radius 1 is 1.00 bits per heavy atom. The molecule has 2 atom stereocenters. The van der Waals surface area contributed by atoms with Crippen LogP contribution in [0.3, 0.4) is 0 Å². The van der Waals surface area contributed by atoms with Crippen LogP contribution in [0.5, 0.6) is 0 Å². The Bertz CT molecular complexity index is 1470. The number of carbonyl (C=O) groups is 1. The Balaban J connectivity index is 2.00. The second-order valence-electron chi connectivity index (χ2n) is 9.24. The first kappa shape index (κ1) is 27.3. The number of benzene rings is 1. The average Bonchev–Trinajstić information content (AvgIpc) is 3.11. The van der Waals surface area contributed by atoms with Crippen molar-refractivity contribution in [2.24, 2.45) is 0 Å². The smallest absolute Gasteiger partial charge is 0.389 e. The summed E-state index contributed by atoms with van der Waals surface area (Å²) < 4.78 is 98.6. The van der Waals surface area contributed by atoms with Crippen LogP contribution in [0.15, 0.2) is 29.2 Å². The van der Waals surface area contributed by atoms with Crippen molar-refractivity contribution in [2.75, 3.05) is 18.0 Å². The molecule has 1 aliphatic rings. The standard InChI is InChI=1S/C23H19F7N4O4/c1-22(2,23(28,29)30)32-21(38)11-6-34(17-12(25)3-9(24)4-13(17)26)19-10(18(11)37)5-14(27)20(31-19)33-7-15(35)16(36)8-33/h3-6,15-16,35-36H,7-8H2,1-2H3,(H,32,38)/t15-,16-/m1/s1. The summed E-state index contributed by atoms with van der Waals surface area (Å²) in [5.41, 5.74) is -6.90. The number of rotatable bonds is 4. The van der Waals surface area contributed by atoms with Gasteiger partial charge in [0.1, 0.15) is 22.6 Å². The molecule has 3 N–H and O–H groups in total. The van der Waals surface area contributed by atoms with Crippen molar-refractivity contribution >= 4 is 22.8 Å². The molecule has 3 heterocycles. The van der Waals surface area contributed by atoms with Gasteiger partial charge in [-0.25, -0.2) is 22.5 Å². The summed E-state index contributed by atoms with van der Waals surface area (Å²) in [6.07, 6.45) is -7.02. The van der Waals surface area contributed by atoms with E-state index < -0.39 is 86.6 Å². The summed E-state index contributed by atoms with van der Waals surface area (Å²) in [6.45, 7) is 0.618. The van der Waals surface area contributed by atoms with Crippen LogP contribution in [0.2, 0.25) is 0 Å². The highest BCUT2D eigenvalue weighted by atomic mass is 19.4. The molecular weight excluding hydrogens is 529 g/mol. The van der Waals surface area contributed by atoms with Gasteiger partial charge >= 0.3 is 6.18 Å². The number of alkyl halides is 3. The third kappa shape index (κ3) is 4.67. The van der Waals surface area contributed by atoms with E-state index in [1.165, 1.54) is 0 Å². The fourth-order valence-electron chi connectivity index (χ4n) is 3.90. The van der Waals surface area contributed by atoms with E-state index in [1.54, 1.807) is 5.32 Å². The minimum atomic E-state index is -4.96. The van der Waals surface area contributed by atoms with E-state index in [-0.39, 0.29) is 25.2 Å². The van der Waals surface area contributed by atoms with Crippen molar-refractivity contribution in [1.82, 2.24) is 14.9 Å². The number of halogens is 7. The minimum absolute atomic E-state index is 0.270. The van der Waals surface area contributed by atoms with Gasteiger partial charge in [0.25, 0.3) is 5.91 Å². The van der Waals surface area contributed by atoms with Gasteiger partial charge in [-0.2, -0.15) is 13.2 Å². The molecule has 3 aromatic rings. The number of β-amino-alcohol motifs (C(OH)–C–C–N with tert-alkyl or cyclic N) is 2. The molecule has 8 nitrogen and oxygen atoms in total. The lowest BCUT2D eigenvalue weighted by atomic mass is 10.0. The van der Waals surface area contributed by atoms with Crippen LogP contribution >= 0.6 is 0 Å². The number of pyridine rings is 2. The molecule has 1 saturated heterocycles. The lowest BCUT2D eigenvalue weighted by molar-refractivity contribution is -0.182. The van der Waals surface area contributed by atoms with Crippen molar-refractivity contribution in [2.45, 2.75) is 37.8 Å². The molecule has 15 heteroatoms. The second-order valence-corrected chi connectivity index (χ2v) is 9.24. The maximum Gasteiger partial charge on any atom is 0.410 e. The molecule has 1 aliphatic heterocycles. The molecule has 1 amide bonds. The lowest BCUT2D eigenvalue weighted by Crippen LogP contribution is -2.54. The zero-order valence-electron chi connectivity index (χ0n) is 19.6. The Hall–Kier alpha value is -3.72. The van der Waals surface area contributed by atoms with E-state index >= 15 is 4.39 Å². The van der Waals surface area contributed by atoms with Crippen molar-refractivity contribution < 1.29 is 45.7 Å². The molecule has 0 aliphatic carbocycles. The number of fused-ring (bicyclic) bond motifs is 1. The highest BCUT2D eigenvalue weighted by molar-refractivity contribution is 5.97. The number of carbonyl (C=O) groups excluding carboxylic acids is 1. The van der Waals surface area contributed by atoms with Crippen LogP contribution in [-0.4, -0.2) is 62.7 Å². The number of hydrogen-bond donors (Lipinski definition) is 3. The average molecular weight is 548 g/mol. The maximum absolute atomic E-state index is 15.0.